The minimum atomic E-state index is -0.392. The van der Waals surface area contributed by atoms with E-state index < -0.39 is 6.10 Å². The fourth-order valence-electron chi connectivity index (χ4n) is 2.72. The monoisotopic (exact) mass is 276 g/mol. The van der Waals surface area contributed by atoms with Crippen molar-refractivity contribution in [2.45, 2.75) is 25.4 Å². The Bertz CT molecular complexity index is 471. The molecular formula is C14H20N4O2. The third kappa shape index (κ3) is 2.85. The van der Waals surface area contributed by atoms with E-state index in [1.165, 1.54) is 12.8 Å². The van der Waals surface area contributed by atoms with Gasteiger partial charge in [0.25, 0.3) is 0 Å². The van der Waals surface area contributed by atoms with Crippen molar-refractivity contribution >= 4 is 17.5 Å². The molecule has 0 aliphatic carbocycles. The van der Waals surface area contributed by atoms with Gasteiger partial charge in [0.2, 0.25) is 0 Å². The smallest absolute Gasteiger partial charge is 0.321 e. The van der Waals surface area contributed by atoms with Crippen molar-refractivity contribution in [2.24, 2.45) is 0 Å². The number of hydrogen-bond acceptors (Lipinski definition) is 4. The largest absolute Gasteiger partial charge is 0.391 e. The lowest BCUT2D eigenvalue weighted by Gasteiger charge is -2.18. The number of hydrogen-bond donors (Lipinski definition) is 2. The Kier molecular flexibility index (Phi) is 3.73. The normalized spacial score (nSPS) is 22.4. The van der Waals surface area contributed by atoms with Crippen LogP contribution >= 0.6 is 0 Å². The van der Waals surface area contributed by atoms with Crippen LogP contribution in [0.1, 0.15) is 19.3 Å². The average Bonchev–Trinajstić information content (AvgIpc) is 3.10. The van der Waals surface area contributed by atoms with Gasteiger partial charge < -0.3 is 20.2 Å². The highest BCUT2D eigenvalue weighted by atomic mass is 16.3. The molecule has 2 aliphatic rings. The summed E-state index contributed by atoms with van der Waals surface area (Å²) in [6.07, 6.45) is 4.39. The molecule has 2 saturated heterocycles. The van der Waals surface area contributed by atoms with Crippen LogP contribution < -0.4 is 10.2 Å². The van der Waals surface area contributed by atoms with E-state index in [-0.39, 0.29) is 6.03 Å². The summed E-state index contributed by atoms with van der Waals surface area (Å²) in [7, 11) is 0. The average molecular weight is 276 g/mol. The zero-order valence-corrected chi connectivity index (χ0v) is 11.5. The molecule has 6 heteroatoms. The molecule has 0 saturated carbocycles. The van der Waals surface area contributed by atoms with E-state index in [4.69, 9.17) is 0 Å². The van der Waals surface area contributed by atoms with Crippen molar-refractivity contribution < 1.29 is 9.90 Å². The molecule has 0 aromatic carbocycles. The van der Waals surface area contributed by atoms with E-state index in [0.717, 1.165) is 18.9 Å². The Labute approximate surface area is 118 Å². The molecule has 2 N–H and O–H groups in total. The molecule has 3 rings (SSSR count). The van der Waals surface area contributed by atoms with Crippen LogP contribution in [-0.2, 0) is 0 Å². The summed E-state index contributed by atoms with van der Waals surface area (Å²) in [6.45, 7) is 3.13. The SMILES string of the molecule is O=C(Nc1ccc(N2CCCC2)nc1)N1CC[C@H](O)C1. The highest BCUT2D eigenvalue weighted by Gasteiger charge is 2.24. The highest BCUT2D eigenvalue weighted by Crippen LogP contribution is 2.19. The van der Waals surface area contributed by atoms with Gasteiger partial charge >= 0.3 is 6.03 Å². The zero-order valence-electron chi connectivity index (χ0n) is 11.5. The van der Waals surface area contributed by atoms with Gasteiger partial charge in [0.1, 0.15) is 5.82 Å². The summed E-state index contributed by atoms with van der Waals surface area (Å²) >= 11 is 0. The van der Waals surface area contributed by atoms with E-state index >= 15 is 0 Å². The first kappa shape index (κ1) is 13.2. The highest BCUT2D eigenvalue weighted by molar-refractivity contribution is 5.89. The van der Waals surface area contributed by atoms with E-state index in [2.05, 4.69) is 15.2 Å². The molecule has 0 unspecified atom stereocenters. The van der Waals surface area contributed by atoms with Crippen molar-refractivity contribution in [1.82, 2.24) is 9.88 Å². The van der Waals surface area contributed by atoms with Gasteiger partial charge in [0.15, 0.2) is 0 Å². The van der Waals surface area contributed by atoms with Gasteiger partial charge in [-0.2, -0.15) is 0 Å². The maximum atomic E-state index is 12.0. The number of likely N-dealkylation sites (tertiary alicyclic amines) is 1. The number of carbonyl (C=O) groups excluding carboxylic acids is 1. The van der Waals surface area contributed by atoms with Crippen molar-refractivity contribution in [1.29, 1.82) is 0 Å². The quantitative estimate of drug-likeness (QED) is 0.854. The molecule has 1 aromatic rings. The number of pyridine rings is 1. The Balaban J connectivity index is 1.58. The number of anilines is 2. The number of urea groups is 1. The summed E-state index contributed by atoms with van der Waals surface area (Å²) in [5.41, 5.74) is 0.694. The van der Waals surface area contributed by atoms with Crippen LogP contribution in [0.15, 0.2) is 18.3 Å². The summed E-state index contributed by atoms with van der Waals surface area (Å²) in [5.74, 6) is 0.970. The second-order valence-corrected chi connectivity index (χ2v) is 5.42. The number of rotatable bonds is 2. The lowest BCUT2D eigenvalue weighted by Crippen LogP contribution is -2.33. The number of carbonyl (C=O) groups is 1. The van der Waals surface area contributed by atoms with Gasteiger partial charge in [-0.15, -0.1) is 0 Å². The Morgan fingerprint density at radius 3 is 2.70 bits per heavy atom. The molecule has 20 heavy (non-hydrogen) atoms. The lowest BCUT2D eigenvalue weighted by atomic mass is 10.3. The minimum Gasteiger partial charge on any atom is -0.391 e. The number of nitrogens with zero attached hydrogens (tertiary/aromatic N) is 3. The van der Waals surface area contributed by atoms with E-state index in [1.54, 1.807) is 11.1 Å². The molecule has 2 amide bonds. The molecule has 1 atom stereocenters. The van der Waals surface area contributed by atoms with Gasteiger partial charge in [0, 0.05) is 26.2 Å². The van der Waals surface area contributed by atoms with Gasteiger partial charge in [-0.25, -0.2) is 9.78 Å². The molecule has 3 heterocycles. The summed E-state index contributed by atoms with van der Waals surface area (Å²) in [6, 6.07) is 3.66. The van der Waals surface area contributed by atoms with Gasteiger partial charge in [-0.05, 0) is 31.4 Å². The summed E-state index contributed by atoms with van der Waals surface area (Å²) in [4.78, 5) is 20.2. The molecule has 6 nitrogen and oxygen atoms in total. The fourth-order valence-corrected chi connectivity index (χ4v) is 2.72. The predicted octanol–water partition coefficient (Wildman–Crippen LogP) is 1.28. The van der Waals surface area contributed by atoms with Gasteiger partial charge in [0.05, 0.1) is 18.0 Å². The minimum absolute atomic E-state index is 0.169. The molecule has 0 spiro atoms. The molecule has 2 aliphatic heterocycles. The van der Waals surface area contributed by atoms with Crippen molar-refractivity contribution in [2.75, 3.05) is 36.4 Å². The first-order valence-electron chi connectivity index (χ1n) is 7.17. The molecule has 2 fully saturated rings. The van der Waals surface area contributed by atoms with Crippen LogP contribution in [0.2, 0.25) is 0 Å². The number of nitrogens with one attached hydrogen (secondary N) is 1. The topological polar surface area (TPSA) is 68.7 Å². The molecule has 108 valence electrons. The second kappa shape index (κ2) is 5.66. The van der Waals surface area contributed by atoms with Crippen LogP contribution in [0.4, 0.5) is 16.3 Å². The second-order valence-electron chi connectivity index (χ2n) is 5.42. The van der Waals surface area contributed by atoms with E-state index in [9.17, 15) is 9.90 Å². The van der Waals surface area contributed by atoms with Gasteiger partial charge in [-0.3, -0.25) is 0 Å². The van der Waals surface area contributed by atoms with Crippen LogP contribution in [0.5, 0.6) is 0 Å². The van der Waals surface area contributed by atoms with Crippen LogP contribution in [-0.4, -0.2) is 53.3 Å². The van der Waals surface area contributed by atoms with Crippen molar-refractivity contribution in [3.05, 3.63) is 18.3 Å². The molecule has 1 aromatic heterocycles. The van der Waals surface area contributed by atoms with E-state index in [1.807, 2.05) is 12.1 Å². The maximum Gasteiger partial charge on any atom is 0.321 e. The van der Waals surface area contributed by atoms with Crippen LogP contribution in [0, 0.1) is 0 Å². The first-order valence-corrected chi connectivity index (χ1v) is 7.17. The molecule has 0 bridgehead atoms. The van der Waals surface area contributed by atoms with Crippen molar-refractivity contribution in [3.63, 3.8) is 0 Å². The number of aliphatic hydroxyl groups excluding tert-OH is 1. The number of aliphatic hydroxyl groups is 1. The van der Waals surface area contributed by atoms with Crippen LogP contribution in [0.3, 0.4) is 0 Å². The van der Waals surface area contributed by atoms with E-state index in [0.29, 0.717) is 25.2 Å². The molecular weight excluding hydrogens is 256 g/mol. The summed E-state index contributed by atoms with van der Waals surface area (Å²) < 4.78 is 0. The van der Waals surface area contributed by atoms with Crippen molar-refractivity contribution in [3.8, 4) is 0 Å². The Hall–Kier alpha value is -1.82. The number of β-amino-alcohol motifs (C(OH)–C–C–N with tert-alkyl or cyclic N) is 1. The summed E-state index contributed by atoms with van der Waals surface area (Å²) in [5, 5.41) is 12.2. The third-order valence-corrected chi connectivity index (χ3v) is 3.88. The number of amides is 2. The zero-order chi connectivity index (χ0) is 13.9. The predicted molar refractivity (Wildman–Crippen MR) is 76.9 cm³/mol. The third-order valence-electron chi connectivity index (χ3n) is 3.88. The number of aromatic nitrogens is 1. The molecule has 0 radical (unpaired) electrons. The van der Waals surface area contributed by atoms with Crippen LogP contribution in [0.25, 0.3) is 0 Å². The van der Waals surface area contributed by atoms with Gasteiger partial charge in [-0.1, -0.05) is 0 Å². The maximum absolute atomic E-state index is 12.0. The standard InChI is InChI=1S/C14H20N4O2/c19-12-5-8-18(10-12)14(20)16-11-3-4-13(15-9-11)17-6-1-2-7-17/h3-4,9,12,19H,1-2,5-8,10H2,(H,16,20)/t12-/m0/s1. The fraction of sp³-hybridized carbons (Fsp3) is 0.571. The Morgan fingerprint density at radius 2 is 2.10 bits per heavy atom. The lowest BCUT2D eigenvalue weighted by molar-refractivity contribution is 0.176. The first-order chi connectivity index (χ1) is 9.72. The Morgan fingerprint density at radius 1 is 1.30 bits per heavy atom.